The molecule has 1 amide bonds. The van der Waals surface area contributed by atoms with Crippen LogP contribution in [-0.4, -0.2) is 25.1 Å². The number of fused-ring (bicyclic) bond motifs is 1. The number of carbonyl (C=O) groups excluding carboxylic acids is 1. The number of pyridine rings is 1. The molecule has 0 atom stereocenters. The van der Waals surface area contributed by atoms with Crippen LogP contribution in [0.2, 0.25) is 0 Å². The van der Waals surface area contributed by atoms with E-state index in [1.54, 1.807) is 37.4 Å². The first-order chi connectivity index (χ1) is 9.74. The summed E-state index contributed by atoms with van der Waals surface area (Å²) >= 11 is 0. The second-order valence-corrected chi connectivity index (χ2v) is 4.44. The van der Waals surface area contributed by atoms with Gasteiger partial charge in [-0.3, -0.25) is 9.78 Å². The molecule has 0 saturated heterocycles. The number of ether oxygens (including phenoxy) is 2. The first-order valence-electron chi connectivity index (χ1n) is 6.22. The van der Waals surface area contributed by atoms with Gasteiger partial charge in [-0.15, -0.1) is 0 Å². The molecule has 2 heterocycles. The van der Waals surface area contributed by atoms with Gasteiger partial charge >= 0.3 is 0 Å². The molecule has 3 rings (SSSR count). The molecule has 0 fully saturated rings. The van der Waals surface area contributed by atoms with E-state index in [0.717, 1.165) is 11.3 Å². The Morgan fingerprint density at radius 3 is 2.65 bits per heavy atom. The van der Waals surface area contributed by atoms with E-state index in [9.17, 15) is 4.79 Å². The zero-order valence-electron chi connectivity index (χ0n) is 11.3. The van der Waals surface area contributed by atoms with Gasteiger partial charge in [0.1, 0.15) is 5.69 Å². The van der Waals surface area contributed by atoms with Gasteiger partial charge in [0, 0.05) is 23.5 Å². The van der Waals surface area contributed by atoms with Crippen molar-refractivity contribution >= 4 is 11.6 Å². The summed E-state index contributed by atoms with van der Waals surface area (Å²) in [5.74, 6) is 1.15. The quantitative estimate of drug-likeness (QED) is 0.858. The van der Waals surface area contributed by atoms with Gasteiger partial charge in [0.05, 0.1) is 20.8 Å². The highest BCUT2D eigenvalue weighted by Gasteiger charge is 2.29. The van der Waals surface area contributed by atoms with E-state index in [1.807, 2.05) is 18.2 Å². The largest absolute Gasteiger partial charge is 0.493 e. The molecule has 1 aliphatic rings. The number of amides is 1. The first-order valence-corrected chi connectivity index (χ1v) is 6.22. The number of benzene rings is 1. The standard InChI is InChI=1S/C15H14N2O3/c1-19-12-6-5-11(8-13(12)20-2)17-9-10-4-3-7-16-14(10)15(17)18/h3-8H,9H2,1-2H3. The highest BCUT2D eigenvalue weighted by atomic mass is 16.5. The zero-order valence-corrected chi connectivity index (χ0v) is 11.3. The van der Waals surface area contributed by atoms with Crippen molar-refractivity contribution in [3.8, 4) is 11.5 Å². The Balaban J connectivity index is 1.98. The molecular formula is C15H14N2O3. The van der Waals surface area contributed by atoms with Crippen molar-refractivity contribution in [1.82, 2.24) is 4.98 Å². The Labute approximate surface area is 116 Å². The minimum absolute atomic E-state index is 0.0900. The molecule has 0 spiro atoms. The van der Waals surface area contributed by atoms with Crippen LogP contribution in [-0.2, 0) is 6.54 Å². The van der Waals surface area contributed by atoms with Gasteiger partial charge in [-0.1, -0.05) is 6.07 Å². The van der Waals surface area contributed by atoms with Gasteiger partial charge in [0.15, 0.2) is 11.5 Å². The Kier molecular flexibility index (Phi) is 3.02. The van der Waals surface area contributed by atoms with Gasteiger partial charge in [0.2, 0.25) is 0 Å². The van der Waals surface area contributed by atoms with Crippen LogP contribution in [0.15, 0.2) is 36.5 Å². The third-order valence-corrected chi connectivity index (χ3v) is 3.35. The highest BCUT2D eigenvalue weighted by molar-refractivity contribution is 6.08. The normalized spacial score (nSPS) is 13.3. The van der Waals surface area contributed by atoms with E-state index < -0.39 is 0 Å². The van der Waals surface area contributed by atoms with E-state index >= 15 is 0 Å². The summed E-state index contributed by atoms with van der Waals surface area (Å²) in [6, 6.07) is 9.18. The van der Waals surface area contributed by atoms with E-state index in [2.05, 4.69) is 4.98 Å². The maximum absolute atomic E-state index is 12.3. The third-order valence-electron chi connectivity index (χ3n) is 3.35. The van der Waals surface area contributed by atoms with Crippen molar-refractivity contribution in [3.63, 3.8) is 0 Å². The van der Waals surface area contributed by atoms with Gasteiger partial charge in [-0.05, 0) is 18.2 Å². The fourth-order valence-electron chi connectivity index (χ4n) is 2.33. The van der Waals surface area contributed by atoms with Gasteiger partial charge in [-0.2, -0.15) is 0 Å². The number of nitrogens with zero attached hydrogens (tertiary/aromatic N) is 2. The highest BCUT2D eigenvalue weighted by Crippen LogP contribution is 2.34. The SMILES string of the molecule is COc1ccc(N2Cc3cccnc3C2=O)cc1OC. The Hall–Kier alpha value is -2.56. The molecular weight excluding hydrogens is 256 g/mol. The number of hydrogen-bond donors (Lipinski definition) is 0. The predicted octanol–water partition coefficient (Wildman–Crippen LogP) is 2.26. The smallest absolute Gasteiger partial charge is 0.277 e. The maximum atomic E-state index is 12.3. The van der Waals surface area contributed by atoms with Crippen molar-refractivity contribution in [2.24, 2.45) is 0 Å². The molecule has 2 aromatic rings. The summed E-state index contributed by atoms with van der Waals surface area (Å²) in [6.07, 6.45) is 1.63. The molecule has 0 unspecified atom stereocenters. The van der Waals surface area contributed by atoms with Crippen molar-refractivity contribution in [2.75, 3.05) is 19.1 Å². The average Bonchev–Trinajstić information content (AvgIpc) is 2.84. The van der Waals surface area contributed by atoms with Gasteiger partial charge in [0.25, 0.3) is 5.91 Å². The lowest BCUT2D eigenvalue weighted by molar-refractivity contribution is 0.0992. The Bertz CT molecular complexity index is 670. The minimum Gasteiger partial charge on any atom is -0.493 e. The molecule has 0 radical (unpaired) electrons. The number of methoxy groups -OCH3 is 2. The topological polar surface area (TPSA) is 51.7 Å². The summed E-state index contributed by atoms with van der Waals surface area (Å²) in [7, 11) is 3.15. The third kappa shape index (κ3) is 1.87. The minimum atomic E-state index is -0.0900. The molecule has 102 valence electrons. The molecule has 5 nitrogen and oxygen atoms in total. The molecule has 0 N–H and O–H groups in total. The van der Waals surface area contributed by atoms with Crippen LogP contribution in [0, 0.1) is 0 Å². The van der Waals surface area contributed by atoms with Crippen molar-refractivity contribution in [3.05, 3.63) is 47.8 Å². The number of carbonyl (C=O) groups is 1. The van der Waals surface area contributed by atoms with Gasteiger partial charge in [-0.25, -0.2) is 0 Å². The summed E-state index contributed by atoms with van der Waals surface area (Å²) in [5, 5.41) is 0. The molecule has 5 heteroatoms. The monoisotopic (exact) mass is 270 g/mol. The number of hydrogen-bond acceptors (Lipinski definition) is 4. The fourth-order valence-corrected chi connectivity index (χ4v) is 2.33. The van der Waals surface area contributed by atoms with Crippen molar-refractivity contribution < 1.29 is 14.3 Å². The summed E-state index contributed by atoms with van der Waals surface area (Å²) < 4.78 is 10.5. The van der Waals surface area contributed by atoms with Crippen molar-refractivity contribution in [2.45, 2.75) is 6.54 Å². The number of rotatable bonds is 3. The van der Waals surface area contributed by atoms with Crippen LogP contribution >= 0.6 is 0 Å². The average molecular weight is 270 g/mol. The second-order valence-electron chi connectivity index (χ2n) is 4.44. The van der Waals surface area contributed by atoms with E-state index in [0.29, 0.717) is 23.7 Å². The number of anilines is 1. The lowest BCUT2D eigenvalue weighted by Crippen LogP contribution is -2.23. The summed E-state index contributed by atoms with van der Waals surface area (Å²) in [4.78, 5) is 18.2. The van der Waals surface area contributed by atoms with Crippen LogP contribution in [0.3, 0.4) is 0 Å². The Morgan fingerprint density at radius 1 is 1.15 bits per heavy atom. The molecule has 0 bridgehead atoms. The maximum Gasteiger partial charge on any atom is 0.277 e. The number of aromatic nitrogens is 1. The van der Waals surface area contributed by atoms with Crippen LogP contribution in [0.1, 0.15) is 16.1 Å². The van der Waals surface area contributed by atoms with E-state index in [-0.39, 0.29) is 5.91 Å². The molecule has 0 saturated carbocycles. The lowest BCUT2D eigenvalue weighted by atomic mass is 10.2. The van der Waals surface area contributed by atoms with Crippen LogP contribution in [0.4, 0.5) is 5.69 Å². The van der Waals surface area contributed by atoms with E-state index in [1.165, 1.54) is 0 Å². The van der Waals surface area contributed by atoms with Gasteiger partial charge < -0.3 is 14.4 Å². The fraction of sp³-hybridized carbons (Fsp3) is 0.200. The van der Waals surface area contributed by atoms with E-state index in [4.69, 9.17) is 9.47 Å². The molecule has 1 aliphatic heterocycles. The molecule has 20 heavy (non-hydrogen) atoms. The summed E-state index contributed by atoms with van der Waals surface area (Å²) in [6.45, 7) is 0.525. The Morgan fingerprint density at radius 2 is 1.95 bits per heavy atom. The first kappa shape index (κ1) is 12.5. The zero-order chi connectivity index (χ0) is 14.1. The second kappa shape index (κ2) is 4.85. The summed E-state index contributed by atoms with van der Waals surface area (Å²) in [5.41, 5.74) is 2.22. The predicted molar refractivity (Wildman–Crippen MR) is 74.3 cm³/mol. The van der Waals surface area contributed by atoms with Crippen molar-refractivity contribution in [1.29, 1.82) is 0 Å². The van der Waals surface area contributed by atoms with Crippen LogP contribution in [0.25, 0.3) is 0 Å². The van der Waals surface area contributed by atoms with Crippen LogP contribution in [0.5, 0.6) is 11.5 Å². The molecule has 1 aromatic heterocycles. The molecule has 0 aliphatic carbocycles. The van der Waals surface area contributed by atoms with Crippen LogP contribution < -0.4 is 14.4 Å². The molecule has 1 aromatic carbocycles. The lowest BCUT2D eigenvalue weighted by Gasteiger charge is -2.17.